The molecule has 0 amide bonds. The SMILES string of the molecule is CCCCCSc1nc(NC)nc(-n2cccn2)n1. The van der Waals surface area contributed by atoms with Crippen LogP contribution in [0, 0.1) is 0 Å². The molecule has 0 aliphatic carbocycles. The van der Waals surface area contributed by atoms with Crippen LogP contribution in [-0.4, -0.2) is 37.5 Å². The maximum atomic E-state index is 4.42. The Hall–Kier alpha value is -1.63. The van der Waals surface area contributed by atoms with Gasteiger partial charge in [-0.25, -0.2) is 4.68 Å². The van der Waals surface area contributed by atoms with Crippen LogP contribution in [0.1, 0.15) is 26.2 Å². The molecule has 7 heteroatoms. The lowest BCUT2D eigenvalue weighted by Gasteiger charge is -2.06. The fourth-order valence-corrected chi connectivity index (χ4v) is 2.36. The Bertz CT molecular complexity index is 499. The van der Waals surface area contributed by atoms with Gasteiger partial charge >= 0.3 is 0 Å². The molecule has 0 aliphatic heterocycles. The van der Waals surface area contributed by atoms with E-state index in [1.807, 2.05) is 12.3 Å². The number of hydrogen-bond donors (Lipinski definition) is 1. The van der Waals surface area contributed by atoms with Gasteiger partial charge in [-0.1, -0.05) is 31.5 Å². The molecular weight excluding hydrogens is 260 g/mol. The molecule has 0 unspecified atom stereocenters. The maximum absolute atomic E-state index is 4.42. The van der Waals surface area contributed by atoms with Crippen molar-refractivity contribution in [2.45, 2.75) is 31.3 Å². The first-order valence-electron chi connectivity index (χ1n) is 6.40. The third-order valence-electron chi connectivity index (χ3n) is 2.52. The minimum Gasteiger partial charge on any atom is -0.357 e. The molecule has 0 saturated carbocycles. The fraction of sp³-hybridized carbons (Fsp3) is 0.500. The zero-order valence-electron chi connectivity index (χ0n) is 11.2. The maximum Gasteiger partial charge on any atom is 0.256 e. The van der Waals surface area contributed by atoms with E-state index in [0.29, 0.717) is 11.9 Å². The number of anilines is 1. The molecule has 19 heavy (non-hydrogen) atoms. The first-order valence-corrected chi connectivity index (χ1v) is 7.38. The summed E-state index contributed by atoms with van der Waals surface area (Å²) in [4.78, 5) is 13.1. The van der Waals surface area contributed by atoms with Crippen LogP contribution in [0.4, 0.5) is 5.95 Å². The molecule has 0 fully saturated rings. The minimum absolute atomic E-state index is 0.544. The molecule has 0 spiro atoms. The van der Waals surface area contributed by atoms with Gasteiger partial charge in [-0.15, -0.1) is 0 Å². The molecule has 1 N–H and O–H groups in total. The fourth-order valence-electron chi connectivity index (χ4n) is 1.53. The van der Waals surface area contributed by atoms with E-state index in [1.165, 1.54) is 19.3 Å². The second kappa shape index (κ2) is 7.08. The van der Waals surface area contributed by atoms with Crippen molar-refractivity contribution in [1.29, 1.82) is 0 Å². The molecule has 0 bridgehead atoms. The van der Waals surface area contributed by atoms with Gasteiger partial charge in [-0.2, -0.15) is 20.1 Å². The Balaban J connectivity index is 2.12. The highest BCUT2D eigenvalue weighted by Gasteiger charge is 2.07. The third kappa shape index (κ3) is 3.92. The molecule has 2 rings (SSSR count). The van der Waals surface area contributed by atoms with Crippen LogP contribution in [-0.2, 0) is 0 Å². The highest BCUT2D eigenvalue weighted by Crippen LogP contribution is 2.17. The summed E-state index contributed by atoms with van der Waals surface area (Å²) < 4.78 is 1.64. The summed E-state index contributed by atoms with van der Waals surface area (Å²) in [6, 6.07) is 1.84. The molecule has 2 heterocycles. The Morgan fingerprint density at radius 3 is 2.84 bits per heavy atom. The largest absolute Gasteiger partial charge is 0.357 e. The predicted molar refractivity (Wildman–Crippen MR) is 76.7 cm³/mol. The van der Waals surface area contributed by atoms with E-state index in [1.54, 1.807) is 29.7 Å². The second-order valence-corrected chi connectivity index (χ2v) is 5.06. The lowest BCUT2D eigenvalue weighted by Crippen LogP contribution is -2.08. The molecule has 0 atom stereocenters. The molecule has 6 nitrogen and oxygen atoms in total. The van der Waals surface area contributed by atoms with Crippen LogP contribution in [0.3, 0.4) is 0 Å². The summed E-state index contributed by atoms with van der Waals surface area (Å²) in [5, 5.41) is 7.83. The first kappa shape index (κ1) is 13.8. The molecule has 2 aromatic heterocycles. The van der Waals surface area contributed by atoms with Crippen molar-refractivity contribution in [1.82, 2.24) is 24.7 Å². The van der Waals surface area contributed by atoms with Crippen molar-refractivity contribution in [3.8, 4) is 5.95 Å². The summed E-state index contributed by atoms with van der Waals surface area (Å²) >= 11 is 1.66. The molecule has 0 aromatic carbocycles. The number of nitrogens with one attached hydrogen (secondary N) is 1. The first-order chi connectivity index (χ1) is 9.33. The summed E-state index contributed by atoms with van der Waals surface area (Å²) in [7, 11) is 1.80. The van der Waals surface area contributed by atoms with Gasteiger partial charge in [0.1, 0.15) is 0 Å². The highest BCUT2D eigenvalue weighted by molar-refractivity contribution is 7.99. The molecule has 2 aromatic rings. The Morgan fingerprint density at radius 1 is 1.26 bits per heavy atom. The van der Waals surface area contributed by atoms with Gasteiger partial charge in [0.2, 0.25) is 5.95 Å². The van der Waals surface area contributed by atoms with Gasteiger partial charge in [0.15, 0.2) is 5.16 Å². The van der Waals surface area contributed by atoms with E-state index < -0.39 is 0 Å². The highest BCUT2D eigenvalue weighted by atomic mass is 32.2. The van der Waals surface area contributed by atoms with Crippen LogP contribution in [0.2, 0.25) is 0 Å². The van der Waals surface area contributed by atoms with Gasteiger partial charge in [-0.3, -0.25) is 0 Å². The van der Waals surface area contributed by atoms with Gasteiger partial charge in [-0.05, 0) is 12.5 Å². The Kier molecular flexibility index (Phi) is 5.14. The summed E-state index contributed by atoms with van der Waals surface area (Å²) in [6.07, 6.45) is 7.16. The number of aromatic nitrogens is 5. The van der Waals surface area contributed by atoms with Crippen LogP contribution in [0.15, 0.2) is 23.6 Å². The molecule has 0 saturated heterocycles. The van der Waals surface area contributed by atoms with E-state index in [4.69, 9.17) is 0 Å². The average Bonchev–Trinajstić information content (AvgIpc) is 2.97. The summed E-state index contributed by atoms with van der Waals surface area (Å²) in [5.74, 6) is 2.14. The number of rotatable bonds is 7. The minimum atomic E-state index is 0.544. The van der Waals surface area contributed by atoms with Crippen molar-refractivity contribution in [3.05, 3.63) is 18.5 Å². The van der Waals surface area contributed by atoms with Crippen LogP contribution < -0.4 is 5.32 Å². The van der Waals surface area contributed by atoms with Crippen molar-refractivity contribution in [2.75, 3.05) is 18.1 Å². The van der Waals surface area contributed by atoms with Crippen LogP contribution in [0.25, 0.3) is 5.95 Å². The second-order valence-electron chi connectivity index (χ2n) is 4.00. The Morgan fingerprint density at radius 2 is 2.16 bits per heavy atom. The van der Waals surface area contributed by atoms with Crippen LogP contribution >= 0.6 is 11.8 Å². The van der Waals surface area contributed by atoms with Crippen molar-refractivity contribution in [3.63, 3.8) is 0 Å². The number of unbranched alkanes of at least 4 members (excludes halogenated alkanes) is 2. The number of thioether (sulfide) groups is 1. The summed E-state index contributed by atoms with van der Waals surface area (Å²) in [6.45, 7) is 2.20. The smallest absolute Gasteiger partial charge is 0.256 e. The van der Waals surface area contributed by atoms with E-state index in [-0.39, 0.29) is 0 Å². The Labute approximate surface area is 117 Å². The molecule has 0 radical (unpaired) electrons. The normalized spacial score (nSPS) is 10.6. The monoisotopic (exact) mass is 278 g/mol. The molecular formula is C12H18N6S. The van der Waals surface area contributed by atoms with Gasteiger partial charge in [0.05, 0.1) is 0 Å². The van der Waals surface area contributed by atoms with E-state index in [9.17, 15) is 0 Å². The van der Waals surface area contributed by atoms with Gasteiger partial charge < -0.3 is 5.32 Å². The van der Waals surface area contributed by atoms with Crippen LogP contribution in [0.5, 0.6) is 0 Å². The third-order valence-corrected chi connectivity index (χ3v) is 3.45. The zero-order chi connectivity index (χ0) is 13.5. The quantitative estimate of drug-likeness (QED) is 0.619. The topological polar surface area (TPSA) is 68.5 Å². The average molecular weight is 278 g/mol. The molecule has 0 aliphatic rings. The molecule has 102 valence electrons. The van der Waals surface area contributed by atoms with E-state index >= 15 is 0 Å². The van der Waals surface area contributed by atoms with Crippen molar-refractivity contribution < 1.29 is 0 Å². The number of nitrogens with zero attached hydrogens (tertiary/aromatic N) is 5. The lowest BCUT2D eigenvalue weighted by atomic mass is 10.3. The lowest BCUT2D eigenvalue weighted by molar-refractivity contribution is 0.757. The van der Waals surface area contributed by atoms with E-state index in [0.717, 1.165) is 10.9 Å². The predicted octanol–water partition coefficient (Wildman–Crippen LogP) is 2.38. The zero-order valence-corrected chi connectivity index (χ0v) is 12.0. The standard InChI is InChI=1S/C12H18N6S/c1-3-4-5-9-19-12-16-10(13-2)15-11(17-12)18-8-6-7-14-18/h6-8H,3-5,9H2,1-2H3,(H,13,15,16,17). The number of hydrogen-bond acceptors (Lipinski definition) is 6. The van der Waals surface area contributed by atoms with Crippen molar-refractivity contribution >= 4 is 17.7 Å². The summed E-state index contributed by atoms with van der Waals surface area (Å²) in [5.41, 5.74) is 0. The van der Waals surface area contributed by atoms with Crippen molar-refractivity contribution in [2.24, 2.45) is 0 Å². The van der Waals surface area contributed by atoms with E-state index in [2.05, 4.69) is 32.3 Å². The van der Waals surface area contributed by atoms with Gasteiger partial charge in [0.25, 0.3) is 5.95 Å². The van der Waals surface area contributed by atoms with Gasteiger partial charge in [0, 0.05) is 25.2 Å².